The Morgan fingerprint density at radius 2 is 1.93 bits per heavy atom. The van der Waals surface area contributed by atoms with E-state index in [2.05, 4.69) is 10.1 Å². The molecule has 3 rings (SSSR count). The maximum absolute atomic E-state index is 12.1. The Morgan fingerprint density at radius 3 is 2.50 bits per heavy atom. The lowest BCUT2D eigenvalue weighted by molar-refractivity contribution is 0.0182. The summed E-state index contributed by atoms with van der Waals surface area (Å²) in [6.45, 7) is 6.89. The highest BCUT2D eigenvalue weighted by Gasteiger charge is 2.27. The van der Waals surface area contributed by atoms with Gasteiger partial charge in [0.05, 0.1) is 4.90 Å². The molecule has 9 heteroatoms. The highest BCUT2D eigenvalue weighted by Crippen LogP contribution is 2.24. The Balaban J connectivity index is 1.53. The fraction of sp³-hybridized carbons (Fsp3) is 0.526. The third kappa shape index (κ3) is 5.39. The van der Waals surface area contributed by atoms with Crippen LogP contribution in [-0.4, -0.2) is 48.6 Å². The van der Waals surface area contributed by atoms with Crippen LogP contribution in [0.4, 0.5) is 4.79 Å². The van der Waals surface area contributed by atoms with Crippen molar-refractivity contribution in [2.75, 3.05) is 13.1 Å². The summed E-state index contributed by atoms with van der Waals surface area (Å²) in [4.78, 5) is 18.6. The smallest absolute Gasteiger partial charge is 0.410 e. The molecule has 1 unspecified atom stereocenters. The van der Waals surface area contributed by atoms with Crippen molar-refractivity contribution < 1.29 is 22.8 Å². The van der Waals surface area contributed by atoms with Gasteiger partial charge in [-0.15, -0.1) is 0 Å². The molecule has 1 aliphatic heterocycles. The van der Waals surface area contributed by atoms with E-state index in [1.54, 1.807) is 29.2 Å². The van der Waals surface area contributed by atoms with E-state index in [9.17, 15) is 9.00 Å². The number of carbonyl (C=O) groups excluding carboxylic acids is 1. The van der Waals surface area contributed by atoms with Crippen LogP contribution in [0.1, 0.15) is 39.5 Å². The molecule has 28 heavy (non-hydrogen) atoms. The average Bonchev–Trinajstić information content (AvgIpc) is 3.09. The highest BCUT2D eigenvalue weighted by atomic mass is 32.2. The molecule has 2 heterocycles. The standard InChI is InChI=1S/C19H25N3O5S/c1-19(2,3)26-18(23)22-10-8-13(9-11-22)12-16-20-17(21-27-16)14-4-6-15(7-5-14)28(24)25/h4-7,13H,8-12H2,1-3H3,(H,24,25). The third-order valence-electron chi connectivity index (χ3n) is 4.51. The van der Waals surface area contributed by atoms with Crippen LogP contribution in [0, 0.1) is 5.92 Å². The molecule has 0 saturated carbocycles. The number of amides is 1. The van der Waals surface area contributed by atoms with Gasteiger partial charge in [0.2, 0.25) is 11.7 Å². The number of ether oxygens (including phenoxy) is 1. The summed E-state index contributed by atoms with van der Waals surface area (Å²) in [5, 5.41) is 4.00. The predicted molar refractivity (Wildman–Crippen MR) is 103 cm³/mol. The first-order valence-corrected chi connectivity index (χ1v) is 10.3. The Hall–Kier alpha value is -2.26. The van der Waals surface area contributed by atoms with E-state index in [-0.39, 0.29) is 6.09 Å². The second kappa shape index (κ2) is 8.40. The molecule has 0 bridgehead atoms. The Bertz CT molecular complexity index is 836. The van der Waals surface area contributed by atoms with Crippen molar-refractivity contribution in [1.82, 2.24) is 15.0 Å². The topological polar surface area (TPSA) is 106 Å². The van der Waals surface area contributed by atoms with Gasteiger partial charge in [0, 0.05) is 25.1 Å². The van der Waals surface area contributed by atoms with Crippen molar-refractivity contribution in [2.45, 2.75) is 50.5 Å². The van der Waals surface area contributed by atoms with Crippen molar-refractivity contribution in [2.24, 2.45) is 5.92 Å². The maximum Gasteiger partial charge on any atom is 0.410 e. The van der Waals surface area contributed by atoms with Gasteiger partial charge >= 0.3 is 6.09 Å². The summed E-state index contributed by atoms with van der Waals surface area (Å²) in [7, 11) is 0. The van der Waals surface area contributed by atoms with Gasteiger partial charge in [0.25, 0.3) is 0 Å². The fourth-order valence-corrected chi connectivity index (χ4v) is 3.44. The van der Waals surface area contributed by atoms with Gasteiger partial charge in [-0.05, 0) is 63.8 Å². The molecule has 2 aromatic rings. The Morgan fingerprint density at radius 1 is 1.29 bits per heavy atom. The van der Waals surface area contributed by atoms with Crippen LogP contribution in [0.2, 0.25) is 0 Å². The van der Waals surface area contributed by atoms with Gasteiger partial charge in [-0.3, -0.25) is 0 Å². The van der Waals surface area contributed by atoms with Crippen LogP contribution >= 0.6 is 0 Å². The first-order valence-electron chi connectivity index (χ1n) is 9.23. The monoisotopic (exact) mass is 407 g/mol. The third-order valence-corrected chi connectivity index (χ3v) is 5.19. The van der Waals surface area contributed by atoms with Crippen molar-refractivity contribution in [1.29, 1.82) is 0 Å². The lowest BCUT2D eigenvalue weighted by Crippen LogP contribution is -2.42. The van der Waals surface area contributed by atoms with Gasteiger partial charge in [-0.2, -0.15) is 4.98 Å². The molecule has 1 fully saturated rings. The Kier molecular flexibility index (Phi) is 6.14. The molecule has 1 saturated heterocycles. The van der Waals surface area contributed by atoms with E-state index in [1.807, 2.05) is 20.8 Å². The maximum atomic E-state index is 12.1. The number of aromatic nitrogens is 2. The van der Waals surface area contributed by atoms with Gasteiger partial charge in [0.15, 0.2) is 11.1 Å². The van der Waals surface area contributed by atoms with Gasteiger partial charge in [-0.1, -0.05) is 5.16 Å². The SMILES string of the molecule is CC(C)(C)OC(=O)N1CCC(Cc2nc(-c3ccc(S(=O)O)cc3)no2)CC1. The summed E-state index contributed by atoms with van der Waals surface area (Å²) in [5.41, 5.74) is 0.238. The van der Waals surface area contributed by atoms with E-state index in [4.69, 9.17) is 13.8 Å². The van der Waals surface area contributed by atoms with E-state index >= 15 is 0 Å². The number of rotatable bonds is 4. The number of hydrogen-bond acceptors (Lipinski definition) is 6. The molecule has 8 nitrogen and oxygen atoms in total. The van der Waals surface area contributed by atoms with Crippen LogP contribution in [0.5, 0.6) is 0 Å². The molecule has 0 radical (unpaired) electrons. The number of piperidine rings is 1. The minimum absolute atomic E-state index is 0.265. The molecule has 1 aromatic carbocycles. The fourth-order valence-electron chi connectivity index (χ4n) is 3.07. The van der Waals surface area contributed by atoms with Crippen LogP contribution in [-0.2, 0) is 22.2 Å². The number of benzene rings is 1. The van der Waals surface area contributed by atoms with Crippen LogP contribution in [0.25, 0.3) is 11.4 Å². The second-order valence-corrected chi connectivity index (χ2v) is 8.87. The molecule has 0 spiro atoms. The largest absolute Gasteiger partial charge is 0.444 e. The second-order valence-electron chi connectivity index (χ2n) is 7.90. The minimum Gasteiger partial charge on any atom is -0.444 e. The van der Waals surface area contributed by atoms with Gasteiger partial charge < -0.3 is 18.7 Å². The Labute approximate surface area is 166 Å². The highest BCUT2D eigenvalue weighted by molar-refractivity contribution is 7.79. The zero-order chi connectivity index (χ0) is 20.3. The first-order chi connectivity index (χ1) is 13.2. The molecular formula is C19H25N3O5S. The first kappa shape index (κ1) is 20.5. The summed E-state index contributed by atoms with van der Waals surface area (Å²) in [6.07, 6.45) is 2.11. The number of nitrogens with zero attached hydrogens (tertiary/aromatic N) is 3. The van der Waals surface area contributed by atoms with E-state index in [0.717, 1.165) is 18.4 Å². The number of hydrogen-bond donors (Lipinski definition) is 1. The molecule has 1 aliphatic rings. The van der Waals surface area contributed by atoms with Gasteiger partial charge in [0.1, 0.15) is 5.60 Å². The van der Waals surface area contributed by atoms with Crippen LogP contribution < -0.4 is 0 Å². The molecular weight excluding hydrogens is 382 g/mol. The van der Waals surface area contributed by atoms with Crippen molar-refractivity contribution >= 4 is 17.2 Å². The molecule has 0 aliphatic carbocycles. The lowest BCUT2D eigenvalue weighted by Gasteiger charge is -2.33. The number of likely N-dealkylation sites (tertiary alicyclic amines) is 1. The molecule has 1 amide bonds. The van der Waals surface area contributed by atoms with Gasteiger partial charge in [-0.25, -0.2) is 9.00 Å². The zero-order valence-electron chi connectivity index (χ0n) is 16.3. The normalized spacial score (nSPS) is 16.8. The predicted octanol–water partition coefficient (Wildman–Crippen LogP) is 3.51. The average molecular weight is 407 g/mol. The summed E-state index contributed by atoms with van der Waals surface area (Å²) in [5.74, 6) is 1.38. The zero-order valence-corrected chi connectivity index (χ0v) is 17.1. The van der Waals surface area contributed by atoms with Crippen molar-refractivity contribution in [3.8, 4) is 11.4 Å². The molecule has 1 N–H and O–H groups in total. The summed E-state index contributed by atoms with van der Waals surface area (Å²) in [6, 6.07) is 6.51. The number of carbonyl (C=O) groups is 1. The quantitative estimate of drug-likeness (QED) is 0.773. The van der Waals surface area contributed by atoms with E-state index in [1.165, 1.54) is 0 Å². The molecule has 1 atom stereocenters. The van der Waals surface area contributed by atoms with Crippen LogP contribution in [0.15, 0.2) is 33.7 Å². The van der Waals surface area contributed by atoms with Crippen molar-refractivity contribution in [3.05, 3.63) is 30.2 Å². The van der Waals surface area contributed by atoms with Crippen LogP contribution in [0.3, 0.4) is 0 Å². The lowest BCUT2D eigenvalue weighted by atomic mass is 9.94. The van der Waals surface area contributed by atoms with E-state index < -0.39 is 16.7 Å². The molecule has 152 valence electrons. The minimum atomic E-state index is -2.01. The van der Waals surface area contributed by atoms with Crippen molar-refractivity contribution in [3.63, 3.8) is 0 Å². The summed E-state index contributed by atoms with van der Waals surface area (Å²) < 4.78 is 30.9. The molecule has 1 aromatic heterocycles. The van der Waals surface area contributed by atoms with E-state index in [0.29, 0.717) is 42.0 Å². The summed E-state index contributed by atoms with van der Waals surface area (Å²) >= 11 is -2.01.